The molecule has 1 N–H and O–H groups in total. The minimum absolute atomic E-state index is 0.0364. The smallest absolute Gasteiger partial charge is 0.0694 e. The molecule has 4 nitrogen and oxygen atoms in total. The summed E-state index contributed by atoms with van der Waals surface area (Å²) in [6.45, 7) is 12.1. The van der Waals surface area contributed by atoms with Gasteiger partial charge in [0.15, 0.2) is 0 Å². The Labute approximate surface area is 116 Å². The number of nitrogens with one attached hydrogen (secondary N) is 1. The summed E-state index contributed by atoms with van der Waals surface area (Å²) in [5.41, 5.74) is 2.31. The molecular weight excluding hydrogens is 238 g/mol. The summed E-state index contributed by atoms with van der Waals surface area (Å²) in [5, 5.41) is 3.38. The molecule has 1 fully saturated rings. The summed E-state index contributed by atoms with van der Waals surface area (Å²) in [5.74, 6) is 0. The lowest BCUT2D eigenvalue weighted by Gasteiger charge is -2.43. The summed E-state index contributed by atoms with van der Waals surface area (Å²) >= 11 is 0. The molecule has 0 aliphatic carbocycles. The molecule has 1 atom stereocenters. The maximum Gasteiger partial charge on any atom is 0.0694 e. The third-order valence-corrected chi connectivity index (χ3v) is 3.68. The summed E-state index contributed by atoms with van der Waals surface area (Å²) in [7, 11) is 0. The van der Waals surface area contributed by atoms with Crippen molar-refractivity contribution in [1.82, 2.24) is 10.3 Å². The van der Waals surface area contributed by atoms with Crippen LogP contribution in [0.5, 0.6) is 0 Å². The van der Waals surface area contributed by atoms with E-state index >= 15 is 0 Å². The van der Waals surface area contributed by atoms with Gasteiger partial charge in [0.2, 0.25) is 0 Å². The van der Waals surface area contributed by atoms with Crippen LogP contribution in [0.25, 0.3) is 0 Å². The van der Waals surface area contributed by atoms with Gasteiger partial charge in [-0.25, -0.2) is 0 Å². The van der Waals surface area contributed by atoms with Crippen molar-refractivity contribution < 1.29 is 4.74 Å². The van der Waals surface area contributed by atoms with Crippen molar-refractivity contribution in [2.45, 2.75) is 39.3 Å². The monoisotopic (exact) mass is 263 g/mol. The minimum Gasteiger partial charge on any atom is -0.377 e. The number of aromatic nitrogens is 1. The number of rotatable bonds is 4. The van der Waals surface area contributed by atoms with Crippen molar-refractivity contribution in [2.24, 2.45) is 0 Å². The van der Waals surface area contributed by atoms with E-state index in [9.17, 15) is 0 Å². The number of pyridine rings is 1. The first-order valence-corrected chi connectivity index (χ1v) is 7.09. The summed E-state index contributed by atoms with van der Waals surface area (Å²) < 4.78 is 5.56. The Balaban J connectivity index is 2.13. The largest absolute Gasteiger partial charge is 0.377 e. The fourth-order valence-corrected chi connectivity index (χ4v) is 2.56. The van der Waals surface area contributed by atoms with Crippen LogP contribution >= 0.6 is 0 Å². The molecule has 1 saturated heterocycles. The van der Waals surface area contributed by atoms with E-state index < -0.39 is 0 Å². The van der Waals surface area contributed by atoms with Gasteiger partial charge in [-0.1, -0.05) is 6.92 Å². The van der Waals surface area contributed by atoms with Crippen LogP contribution in [0.1, 0.15) is 39.4 Å². The molecule has 106 valence electrons. The number of morpholine rings is 1. The SMILES string of the molecule is CCNC(C)c1ccc(N2CCOCC2(C)C)cn1. The van der Waals surface area contributed by atoms with Crippen molar-refractivity contribution in [1.29, 1.82) is 0 Å². The average molecular weight is 263 g/mol. The Morgan fingerprint density at radius 2 is 2.26 bits per heavy atom. The highest BCUT2D eigenvalue weighted by atomic mass is 16.5. The Morgan fingerprint density at radius 1 is 1.47 bits per heavy atom. The molecule has 0 bridgehead atoms. The fraction of sp³-hybridized carbons (Fsp3) is 0.667. The second-order valence-electron chi connectivity index (χ2n) is 5.74. The van der Waals surface area contributed by atoms with E-state index in [0.29, 0.717) is 6.04 Å². The van der Waals surface area contributed by atoms with Crippen molar-refractivity contribution in [3.05, 3.63) is 24.0 Å². The lowest BCUT2D eigenvalue weighted by molar-refractivity contribution is 0.0643. The molecule has 2 rings (SSSR count). The van der Waals surface area contributed by atoms with Gasteiger partial charge in [-0.15, -0.1) is 0 Å². The standard InChI is InChI=1S/C15H25N3O/c1-5-16-12(2)14-7-6-13(10-17-14)18-8-9-19-11-15(18,3)4/h6-7,10,12,16H,5,8-9,11H2,1-4H3. The van der Waals surface area contributed by atoms with Crippen LogP contribution in [0, 0.1) is 0 Å². The predicted octanol–water partition coefficient (Wildman–Crippen LogP) is 2.37. The first-order valence-electron chi connectivity index (χ1n) is 7.09. The van der Waals surface area contributed by atoms with Gasteiger partial charge in [0.05, 0.1) is 36.3 Å². The van der Waals surface area contributed by atoms with E-state index in [0.717, 1.165) is 32.0 Å². The van der Waals surface area contributed by atoms with Gasteiger partial charge in [-0.05, 0) is 39.4 Å². The molecule has 0 spiro atoms. The molecule has 4 heteroatoms. The van der Waals surface area contributed by atoms with Crippen LogP contribution in [-0.2, 0) is 4.74 Å². The van der Waals surface area contributed by atoms with Crippen LogP contribution in [0.15, 0.2) is 18.3 Å². The van der Waals surface area contributed by atoms with Gasteiger partial charge in [0.25, 0.3) is 0 Å². The first-order chi connectivity index (χ1) is 9.04. The van der Waals surface area contributed by atoms with Gasteiger partial charge in [0, 0.05) is 12.6 Å². The zero-order valence-corrected chi connectivity index (χ0v) is 12.4. The van der Waals surface area contributed by atoms with E-state index in [-0.39, 0.29) is 5.54 Å². The molecule has 19 heavy (non-hydrogen) atoms. The van der Waals surface area contributed by atoms with Gasteiger partial charge in [-0.3, -0.25) is 4.98 Å². The van der Waals surface area contributed by atoms with Crippen LogP contribution in [0.4, 0.5) is 5.69 Å². The molecule has 0 saturated carbocycles. The molecule has 2 heterocycles. The molecule has 1 aromatic heterocycles. The number of nitrogens with zero attached hydrogens (tertiary/aromatic N) is 2. The number of hydrogen-bond acceptors (Lipinski definition) is 4. The molecule has 1 aliphatic heterocycles. The highest BCUT2D eigenvalue weighted by Crippen LogP contribution is 2.26. The topological polar surface area (TPSA) is 37.4 Å². The van der Waals surface area contributed by atoms with E-state index in [1.807, 2.05) is 6.20 Å². The lowest BCUT2D eigenvalue weighted by atomic mass is 10.0. The Hall–Kier alpha value is -1.13. The summed E-state index contributed by atoms with van der Waals surface area (Å²) in [6.07, 6.45) is 1.98. The zero-order chi connectivity index (χ0) is 13.9. The summed E-state index contributed by atoms with van der Waals surface area (Å²) in [6, 6.07) is 4.59. The van der Waals surface area contributed by atoms with Crippen molar-refractivity contribution in [3.8, 4) is 0 Å². The second-order valence-corrected chi connectivity index (χ2v) is 5.74. The predicted molar refractivity (Wildman–Crippen MR) is 78.6 cm³/mol. The highest BCUT2D eigenvalue weighted by Gasteiger charge is 2.30. The second kappa shape index (κ2) is 5.88. The van der Waals surface area contributed by atoms with E-state index in [2.05, 4.69) is 55.0 Å². The number of ether oxygens (including phenoxy) is 1. The van der Waals surface area contributed by atoms with Gasteiger partial charge < -0.3 is 15.0 Å². The maximum atomic E-state index is 5.56. The third-order valence-electron chi connectivity index (χ3n) is 3.68. The van der Waals surface area contributed by atoms with E-state index in [1.54, 1.807) is 0 Å². The molecule has 0 radical (unpaired) electrons. The van der Waals surface area contributed by atoms with Crippen molar-refractivity contribution in [2.75, 3.05) is 31.2 Å². The first kappa shape index (κ1) is 14.3. The molecular formula is C15H25N3O. The van der Waals surface area contributed by atoms with E-state index in [1.165, 1.54) is 5.69 Å². The van der Waals surface area contributed by atoms with Crippen LogP contribution in [0.2, 0.25) is 0 Å². The molecule has 0 aromatic carbocycles. The maximum absolute atomic E-state index is 5.56. The lowest BCUT2D eigenvalue weighted by Crippen LogP contribution is -2.53. The average Bonchev–Trinajstić information content (AvgIpc) is 2.39. The van der Waals surface area contributed by atoms with E-state index in [4.69, 9.17) is 4.74 Å². The highest BCUT2D eigenvalue weighted by molar-refractivity contribution is 5.48. The third kappa shape index (κ3) is 3.25. The zero-order valence-electron chi connectivity index (χ0n) is 12.4. The minimum atomic E-state index is 0.0364. The molecule has 1 aliphatic rings. The van der Waals surface area contributed by atoms with Crippen molar-refractivity contribution in [3.63, 3.8) is 0 Å². The van der Waals surface area contributed by atoms with Crippen LogP contribution in [0.3, 0.4) is 0 Å². The number of hydrogen-bond donors (Lipinski definition) is 1. The molecule has 1 aromatic rings. The molecule has 1 unspecified atom stereocenters. The Morgan fingerprint density at radius 3 is 2.84 bits per heavy atom. The van der Waals surface area contributed by atoms with Crippen LogP contribution < -0.4 is 10.2 Å². The molecule has 0 amide bonds. The summed E-state index contributed by atoms with van der Waals surface area (Å²) in [4.78, 5) is 6.97. The Kier molecular flexibility index (Phi) is 4.42. The Bertz CT molecular complexity index is 402. The normalized spacial score (nSPS) is 20.3. The van der Waals surface area contributed by atoms with Gasteiger partial charge in [0.1, 0.15) is 0 Å². The van der Waals surface area contributed by atoms with Gasteiger partial charge in [-0.2, -0.15) is 0 Å². The fourth-order valence-electron chi connectivity index (χ4n) is 2.56. The van der Waals surface area contributed by atoms with Gasteiger partial charge >= 0.3 is 0 Å². The number of anilines is 1. The quantitative estimate of drug-likeness (QED) is 0.905. The van der Waals surface area contributed by atoms with Crippen LogP contribution in [-0.4, -0.2) is 36.8 Å². The van der Waals surface area contributed by atoms with Crippen molar-refractivity contribution >= 4 is 5.69 Å².